The van der Waals surface area contributed by atoms with Crippen LogP contribution in [0.25, 0.3) is 43.1 Å². The molecule has 0 radical (unpaired) electrons. The molecule has 0 amide bonds. The minimum atomic E-state index is -0.603. The van der Waals surface area contributed by atoms with Gasteiger partial charge in [0.15, 0.2) is 0 Å². The number of phenols is 12. The lowest BCUT2D eigenvalue weighted by Gasteiger charge is -2.30. The Balaban J connectivity index is 1.37. The van der Waals surface area contributed by atoms with Crippen LogP contribution in [0.3, 0.4) is 0 Å². The van der Waals surface area contributed by atoms with Crippen LogP contribution in [-0.4, -0.2) is 61.3 Å². The maximum Gasteiger partial charge on any atom is 0.147 e. The van der Waals surface area contributed by atoms with E-state index >= 15 is 0 Å². The van der Waals surface area contributed by atoms with E-state index in [4.69, 9.17) is 0 Å². The van der Waals surface area contributed by atoms with E-state index in [1.54, 1.807) is 48.5 Å². The average Bonchev–Trinajstić information content (AvgIpc) is 3.14. The summed E-state index contributed by atoms with van der Waals surface area (Å²) in [4.78, 5) is 2.42. The van der Waals surface area contributed by atoms with Gasteiger partial charge in [0.2, 0.25) is 0 Å². The molecular weight excluding hydrogens is 748 g/mol. The van der Waals surface area contributed by atoms with Gasteiger partial charge in [0.1, 0.15) is 91.7 Å². The highest BCUT2D eigenvalue weighted by Gasteiger charge is 2.31. The lowest BCUT2D eigenvalue weighted by Crippen LogP contribution is -2.12. The van der Waals surface area contributed by atoms with E-state index in [2.05, 4.69) is 0 Å². The highest BCUT2D eigenvalue weighted by atomic mass is 16.3. The molecule has 0 aliphatic carbocycles. The van der Waals surface area contributed by atoms with Gasteiger partial charge in [0.05, 0.1) is 11.4 Å². The molecule has 0 fully saturated rings. The summed E-state index contributed by atoms with van der Waals surface area (Å²) in [6, 6.07) is 25.4. The summed E-state index contributed by atoms with van der Waals surface area (Å²) in [6.45, 7) is 0. The number of fused-ring (bicyclic) bond motifs is 2. The summed E-state index contributed by atoms with van der Waals surface area (Å²) in [5, 5.41) is 135. The summed E-state index contributed by atoms with van der Waals surface area (Å²) >= 11 is 0. The molecule has 9 aromatic rings. The van der Waals surface area contributed by atoms with Crippen molar-refractivity contribution in [3.63, 3.8) is 0 Å². The number of rotatable bonds is 6. The van der Waals surface area contributed by atoms with E-state index in [9.17, 15) is 61.3 Å². The summed E-state index contributed by atoms with van der Waals surface area (Å²) in [7, 11) is 0. The van der Waals surface area contributed by atoms with Crippen molar-refractivity contribution in [2.75, 3.05) is 9.80 Å². The van der Waals surface area contributed by atoms with Crippen LogP contribution >= 0.6 is 0 Å². The molecule has 0 saturated carbocycles. The number of phenolic OH excluding ortho intramolecular Hbond substituents is 12. The van der Waals surface area contributed by atoms with Crippen molar-refractivity contribution in [2.24, 2.45) is 0 Å². The zero-order valence-electron chi connectivity index (χ0n) is 29.7. The third-order valence-electron chi connectivity index (χ3n) is 10.2. The highest BCUT2D eigenvalue weighted by molar-refractivity contribution is 6.35. The molecule has 14 heteroatoms. The number of benzene rings is 9. The van der Waals surface area contributed by atoms with E-state index in [0.717, 1.165) is 48.5 Å². The molecule has 0 saturated heterocycles. The lowest BCUT2D eigenvalue weighted by molar-refractivity contribution is 0.422. The molecule has 0 aromatic heterocycles. The van der Waals surface area contributed by atoms with Gasteiger partial charge in [-0.15, -0.1) is 0 Å². The first-order chi connectivity index (χ1) is 27.7. The molecule has 0 spiro atoms. The number of nitrogens with zero attached hydrogens (tertiary/aromatic N) is 2. The van der Waals surface area contributed by atoms with Crippen molar-refractivity contribution in [3.8, 4) is 69.0 Å². The van der Waals surface area contributed by atoms with Gasteiger partial charge in [-0.3, -0.25) is 9.80 Å². The molecule has 0 atom stereocenters. The summed E-state index contributed by atoms with van der Waals surface area (Å²) < 4.78 is 0. The molecule has 288 valence electrons. The van der Waals surface area contributed by atoms with E-state index in [-0.39, 0.29) is 34.1 Å². The van der Waals surface area contributed by atoms with Crippen LogP contribution in [0.1, 0.15) is 0 Å². The fraction of sp³-hybridized carbons (Fsp3) is 0. The zero-order valence-corrected chi connectivity index (χ0v) is 29.7. The molecule has 9 rings (SSSR count). The monoisotopic (exact) mass is 778 g/mol. The Labute approximate surface area is 325 Å². The Morgan fingerprint density at radius 1 is 0.259 bits per heavy atom. The van der Waals surface area contributed by atoms with Crippen LogP contribution in [0.5, 0.6) is 69.0 Å². The van der Waals surface area contributed by atoms with Crippen molar-refractivity contribution < 1.29 is 61.3 Å². The molecular formula is C44H30N2O12. The first-order valence-electron chi connectivity index (χ1n) is 17.5. The minimum absolute atomic E-state index is 0.253. The Morgan fingerprint density at radius 3 is 0.741 bits per heavy atom. The number of aromatic hydroxyl groups is 12. The van der Waals surface area contributed by atoms with Crippen molar-refractivity contribution in [3.05, 3.63) is 109 Å². The maximum absolute atomic E-state index is 11.1. The maximum atomic E-state index is 11.1. The van der Waals surface area contributed by atoms with Gasteiger partial charge in [0.25, 0.3) is 0 Å². The van der Waals surface area contributed by atoms with Crippen molar-refractivity contribution in [1.29, 1.82) is 0 Å². The number of anilines is 6. The van der Waals surface area contributed by atoms with Gasteiger partial charge in [-0.05, 0) is 44.5 Å². The highest BCUT2D eigenvalue weighted by Crippen LogP contribution is 2.58. The molecule has 0 bridgehead atoms. The molecule has 9 aromatic carbocycles. The molecule has 58 heavy (non-hydrogen) atoms. The number of hydrogen-bond donors (Lipinski definition) is 12. The van der Waals surface area contributed by atoms with Gasteiger partial charge in [-0.2, -0.15) is 0 Å². The first-order valence-corrected chi connectivity index (χ1v) is 17.5. The normalized spacial score (nSPS) is 11.6. The van der Waals surface area contributed by atoms with Crippen LogP contribution in [0.4, 0.5) is 34.1 Å². The predicted molar refractivity (Wildman–Crippen MR) is 217 cm³/mol. The lowest BCUT2D eigenvalue weighted by atomic mass is 9.88. The van der Waals surface area contributed by atoms with Crippen molar-refractivity contribution in [1.82, 2.24) is 0 Å². The molecule has 0 aliphatic heterocycles. The largest absolute Gasteiger partial charge is 0.508 e. The molecule has 12 N–H and O–H groups in total. The van der Waals surface area contributed by atoms with Gasteiger partial charge in [-0.25, -0.2) is 0 Å². The first kappa shape index (κ1) is 35.2. The summed E-state index contributed by atoms with van der Waals surface area (Å²) in [6.07, 6.45) is 0. The van der Waals surface area contributed by atoms with Gasteiger partial charge in [0, 0.05) is 59.3 Å². The fourth-order valence-electron chi connectivity index (χ4n) is 8.05. The Hall–Kier alpha value is -8.52. The van der Waals surface area contributed by atoms with Crippen LogP contribution < -0.4 is 9.80 Å². The third-order valence-corrected chi connectivity index (χ3v) is 10.2. The molecule has 0 unspecified atom stereocenters. The standard InChI is InChI=1S/C44H30N2O12/c47-19-11-31(51)41(32(52)12-19)45(42-33(53)13-20(48)14-34(42)54)29-9-8-26-24-4-2-6-28-30(10-7-25(40(24)28)23-3-1-5-27(29)39(23)26)46(43-35(55)15-21(49)16-36(43)56)44-37(57)17-22(50)18-38(44)58/h1-18,47-58H. The topological polar surface area (TPSA) is 249 Å². The second kappa shape index (κ2) is 12.5. The van der Waals surface area contributed by atoms with Gasteiger partial charge >= 0.3 is 0 Å². The Morgan fingerprint density at radius 2 is 0.483 bits per heavy atom. The summed E-state index contributed by atoms with van der Waals surface area (Å²) in [5.74, 6) is -6.64. The second-order valence-electron chi connectivity index (χ2n) is 13.7. The SMILES string of the molecule is Oc1cc(O)c(N(c2c(O)cc(O)cc2O)c2ccc3c4cccc5c(N(c6c(O)cc(O)cc6O)c6c(O)cc(O)cc6O)ccc(c6cccc2c63)c54)c(O)c1. The van der Waals surface area contributed by atoms with Crippen LogP contribution in [-0.2, 0) is 0 Å². The van der Waals surface area contributed by atoms with E-state index < -0.39 is 69.0 Å². The fourth-order valence-corrected chi connectivity index (χ4v) is 8.05. The van der Waals surface area contributed by atoms with Crippen molar-refractivity contribution >= 4 is 77.2 Å². The van der Waals surface area contributed by atoms with E-state index in [0.29, 0.717) is 43.1 Å². The number of hydrogen-bond acceptors (Lipinski definition) is 14. The average molecular weight is 779 g/mol. The van der Waals surface area contributed by atoms with Gasteiger partial charge in [-0.1, -0.05) is 48.5 Å². The minimum Gasteiger partial charge on any atom is -0.508 e. The van der Waals surface area contributed by atoms with Crippen molar-refractivity contribution in [2.45, 2.75) is 0 Å². The third kappa shape index (κ3) is 5.12. The molecule has 0 heterocycles. The van der Waals surface area contributed by atoms with Gasteiger partial charge < -0.3 is 61.3 Å². The molecule has 0 aliphatic rings. The summed E-state index contributed by atoms with van der Waals surface area (Å²) in [5.41, 5.74) is -0.719. The Kier molecular flexibility index (Phi) is 7.59. The zero-order chi connectivity index (χ0) is 40.9. The van der Waals surface area contributed by atoms with E-state index in [1.807, 2.05) is 12.1 Å². The Bertz CT molecular complexity index is 2740. The second-order valence-corrected chi connectivity index (χ2v) is 13.7. The van der Waals surface area contributed by atoms with Crippen LogP contribution in [0.15, 0.2) is 109 Å². The molecule has 14 nitrogen and oxygen atoms in total. The quantitative estimate of drug-likeness (QED) is 0.0556. The predicted octanol–water partition coefficient (Wildman–Crippen LogP) is 9.14. The smallest absolute Gasteiger partial charge is 0.147 e. The van der Waals surface area contributed by atoms with Crippen LogP contribution in [0, 0.1) is 0 Å². The van der Waals surface area contributed by atoms with E-state index in [1.165, 1.54) is 9.80 Å². The van der Waals surface area contributed by atoms with Crippen LogP contribution in [0.2, 0.25) is 0 Å².